The maximum absolute atomic E-state index is 12.4. The number of aliphatic hydroxyl groups excluding tert-OH is 3. The number of nitrogens with one attached hydrogen (secondary N) is 1. The smallest absolute Gasteiger partial charge is 0.394 e. The number of ether oxygens (including phenoxy) is 2. The lowest BCUT2D eigenvalue weighted by molar-refractivity contribution is -0.0574. The van der Waals surface area contributed by atoms with Gasteiger partial charge in [0.05, 0.1) is 25.5 Å². The van der Waals surface area contributed by atoms with Crippen molar-refractivity contribution in [3.63, 3.8) is 0 Å². The molecule has 14 nitrogen and oxygen atoms in total. The summed E-state index contributed by atoms with van der Waals surface area (Å²) in [5.41, 5.74) is 4.61. The molecule has 1 fully saturated rings. The Bertz CT molecular complexity index is 1090. The number of nitrogens with two attached hydrogens (primary N) is 1. The molecule has 0 spiro atoms. The highest BCUT2D eigenvalue weighted by atomic mass is 31.2. The Hall–Kier alpha value is -2.00. The first-order chi connectivity index (χ1) is 18.2. The van der Waals surface area contributed by atoms with Gasteiger partial charge in [-0.15, -0.1) is 0 Å². The Morgan fingerprint density at radius 1 is 1.26 bits per heavy atom. The van der Waals surface area contributed by atoms with Gasteiger partial charge in [0, 0.05) is 12.8 Å². The predicted octanol–water partition coefficient (Wildman–Crippen LogP) is 1.15. The van der Waals surface area contributed by atoms with Gasteiger partial charge in [-0.3, -0.25) is 9.05 Å². The molecule has 0 amide bonds. The van der Waals surface area contributed by atoms with Gasteiger partial charge in [-0.2, -0.15) is 5.10 Å². The summed E-state index contributed by atoms with van der Waals surface area (Å²) in [6.07, 6.45) is 3.10. The third-order valence-corrected chi connectivity index (χ3v) is 7.42. The zero-order chi connectivity index (χ0) is 27.8. The number of phosphoric ester groups is 1. The number of hydrogen-bond donors (Lipinski definition) is 6. The van der Waals surface area contributed by atoms with Gasteiger partial charge in [0.25, 0.3) is 0 Å². The standard InChI is InChI=1S/C23H38N5O9P/c1-2-3-4-5-6-7-10-34-16(11-29)12-35-38(32,33)36-13-18-20(30)21(31)23(14-24,37-18)19-9-8-17-22(25)26-15-27-28(17)19/h8-9,14-16,18,20-21,24,29-31H,2-7,10-13H2,1H3,(H,32,33)(H2,25,26,27)/t16-,18-,20?,21?,23+/m1/s1. The second kappa shape index (κ2) is 13.9. The number of unbranched alkanes of at least 4 members (excludes halogenated alkanes) is 5. The van der Waals surface area contributed by atoms with Crippen molar-refractivity contribution in [1.29, 1.82) is 5.41 Å². The molecule has 1 saturated heterocycles. The highest BCUT2D eigenvalue weighted by molar-refractivity contribution is 7.47. The van der Waals surface area contributed by atoms with E-state index in [0.29, 0.717) is 12.1 Å². The largest absolute Gasteiger partial charge is 0.472 e. The summed E-state index contributed by atoms with van der Waals surface area (Å²) in [5, 5.41) is 42.9. The van der Waals surface area contributed by atoms with E-state index < -0.39 is 57.7 Å². The molecule has 6 atom stereocenters. The molecule has 7 N–H and O–H groups in total. The fourth-order valence-corrected chi connectivity index (χ4v) is 5.07. The van der Waals surface area contributed by atoms with Gasteiger partial charge in [-0.1, -0.05) is 39.0 Å². The molecule has 2 aromatic heterocycles. The molecule has 1 aliphatic heterocycles. The lowest BCUT2D eigenvalue weighted by Gasteiger charge is -2.27. The van der Waals surface area contributed by atoms with E-state index in [0.717, 1.165) is 38.3 Å². The Balaban J connectivity index is 1.54. The Morgan fingerprint density at radius 3 is 2.71 bits per heavy atom. The average molecular weight is 560 g/mol. The van der Waals surface area contributed by atoms with Gasteiger partial charge in [-0.25, -0.2) is 14.1 Å². The molecule has 0 radical (unpaired) electrons. The van der Waals surface area contributed by atoms with E-state index in [1.54, 1.807) is 6.07 Å². The third-order valence-electron chi connectivity index (χ3n) is 6.47. The molecule has 3 heterocycles. The number of aliphatic hydroxyl groups is 3. The summed E-state index contributed by atoms with van der Waals surface area (Å²) < 4.78 is 35.0. The minimum Gasteiger partial charge on any atom is -0.394 e. The van der Waals surface area contributed by atoms with Crippen LogP contribution in [0.25, 0.3) is 5.52 Å². The zero-order valence-corrected chi connectivity index (χ0v) is 22.3. The molecule has 0 saturated carbocycles. The van der Waals surface area contributed by atoms with Crippen LogP contribution in [0.2, 0.25) is 0 Å². The molecule has 2 aromatic rings. The fourth-order valence-electron chi connectivity index (χ4n) is 4.30. The summed E-state index contributed by atoms with van der Waals surface area (Å²) in [6.45, 7) is 1.09. The minimum atomic E-state index is -4.64. The normalized spacial score (nSPS) is 26.0. The monoisotopic (exact) mass is 559 g/mol. The van der Waals surface area contributed by atoms with Crippen LogP contribution >= 0.6 is 7.82 Å². The second-order valence-corrected chi connectivity index (χ2v) is 10.6. The molecular weight excluding hydrogens is 521 g/mol. The number of nitrogens with zero attached hydrogens (tertiary/aromatic N) is 3. The first kappa shape index (κ1) is 30.5. The third kappa shape index (κ3) is 7.14. The number of anilines is 1. The van der Waals surface area contributed by atoms with Crippen molar-refractivity contribution in [2.45, 2.75) is 75.5 Å². The highest BCUT2D eigenvalue weighted by Crippen LogP contribution is 2.46. The number of rotatable bonds is 17. The topological polar surface area (TPSA) is 215 Å². The van der Waals surface area contributed by atoms with Crippen LogP contribution in [0.4, 0.5) is 5.82 Å². The van der Waals surface area contributed by atoms with E-state index >= 15 is 0 Å². The first-order valence-corrected chi connectivity index (χ1v) is 14.2. The van der Waals surface area contributed by atoms with Gasteiger partial charge in [-0.05, 0) is 18.6 Å². The summed E-state index contributed by atoms with van der Waals surface area (Å²) in [4.78, 5) is 14.0. The molecule has 0 aliphatic carbocycles. The van der Waals surface area contributed by atoms with Crippen LogP contribution in [-0.2, 0) is 28.7 Å². The molecular formula is C23H38N5O9P. The van der Waals surface area contributed by atoms with Gasteiger partial charge < -0.3 is 40.8 Å². The van der Waals surface area contributed by atoms with Crippen molar-refractivity contribution >= 4 is 25.4 Å². The van der Waals surface area contributed by atoms with Crippen LogP contribution in [0, 0.1) is 5.41 Å². The summed E-state index contributed by atoms with van der Waals surface area (Å²) >= 11 is 0. The second-order valence-electron chi connectivity index (χ2n) is 9.19. The molecule has 0 aromatic carbocycles. The van der Waals surface area contributed by atoms with Crippen LogP contribution in [0.15, 0.2) is 18.5 Å². The average Bonchev–Trinajstić information content (AvgIpc) is 3.45. The van der Waals surface area contributed by atoms with E-state index in [2.05, 4.69) is 17.0 Å². The lowest BCUT2D eigenvalue weighted by atomic mass is 9.92. The van der Waals surface area contributed by atoms with Crippen molar-refractivity contribution in [2.24, 2.45) is 0 Å². The Kier molecular flexibility index (Phi) is 11.2. The Labute approximate surface area is 220 Å². The lowest BCUT2D eigenvalue weighted by Crippen LogP contribution is -2.43. The van der Waals surface area contributed by atoms with E-state index in [1.807, 2.05) is 0 Å². The maximum Gasteiger partial charge on any atom is 0.472 e. The van der Waals surface area contributed by atoms with Gasteiger partial charge >= 0.3 is 7.82 Å². The van der Waals surface area contributed by atoms with Crippen LogP contribution in [0.1, 0.15) is 51.1 Å². The van der Waals surface area contributed by atoms with Crippen molar-refractivity contribution in [1.82, 2.24) is 14.6 Å². The van der Waals surface area contributed by atoms with Gasteiger partial charge in [0.2, 0.25) is 0 Å². The van der Waals surface area contributed by atoms with Crippen LogP contribution in [0.5, 0.6) is 0 Å². The number of phosphoric acid groups is 1. The molecule has 3 unspecified atom stereocenters. The van der Waals surface area contributed by atoms with Crippen molar-refractivity contribution < 1.29 is 43.3 Å². The van der Waals surface area contributed by atoms with E-state index in [-0.39, 0.29) is 11.5 Å². The van der Waals surface area contributed by atoms with Crippen LogP contribution in [0.3, 0.4) is 0 Å². The quantitative estimate of drug-likeness (QED) is 0.0914. The van der Waals surface area contributed by atoms with Gasteiger partial charge in [0.1, 0.15) is 36.3 Å². The van der Waals surface area contributed by atoms with Crippen LogP contribution < -0.4 is 5.73 Å². The molecule has 0 bridgehead atoms. The molecule has 1 aliphatic rings. The van der Waals surface area contributed by atoms with Crippen molar-refractivity contribution in [2.75, 3.05) is 32.2 Å². The van der Waals surface area contributed by atoms with Crippen molar-refractivity contribution in [3.05, 3.63) is 24.2 Å². The number of fused-ring (bicyclic) bond motifs is 1. The highest BCUT2D eigenvalue weighted by Gasteiger charge is 2.56. The number of aromatic nitrogens is 3. The molecule has 3 rings (SSSR count). The number of nitrogen functional groups attached to an aromatic ring is 1. The van der Waals surface area contributed by atoms with E-state index in [1.165, 1.54) is 23.3 Å². The Morgan fingerprint density at radius 2 is 2.00 bits per heavy atom. The van der Waals surface area contributed by atoms with Crippen LogP contribution in [-0.4, -0.2) is 91.9 Å². The zero-order valence-electron chi connectivity index (χ0n) is 21.4. The fraction of sp³-hybridized carbons (Fsp3) is 0.696. The maximum atomic E-state index is 12.4. The predicted molar refractivity (Wildman–Crippen MR) is 137 cm³/mol. The molecule has 15 heteroatoms. The van der Waals surface area contributed by atoms with Gasteiger partial charge in [0.15, 0.2) is 11.4 Å². The SMILES string of the molecule is CCCCCCCCO[C@H](CO)COP(=O)(O)OC[C@H]1O[C@@](C=N)(c2ccc3c(N)ncnn23)C(O)C1O. The van der Waals surface area contributed by atoms with E-state index in [9.17, 15) is 24.8 Å². The summed E-state index contributed by atoms with van der Waals surface area (Å²) in [5.74, 6) is 0.162. The summed E-state index contributed by atoms with van der Waals surface area (Å²) in [7, 11) is -4.64. The van der Waals surface area contributed by atoms with E-state index in [4.69, 9.17) is 29.7 Å². The number of hydrogen-bond acceptors (Lipinski definition) is 12. The summed E-state index contributed by atoms with van der Waals surface area (Å²) in [6, 6.07) is 3.09. The molecule has 38 heavy (non-hydrogen) atoms. The first-order valence-electron chi connectivity index (χ1n) is 12.7. The minimum absolute atomic E-state index is 0.162. The molecule has 214 valence electrons. The van der Waals surface area contributed by atoms with Crippen molar-refractivity contribution in [3.8, 4) is 0 Å².